The van der Waals surface area contributed by atoms with Crippen molar-refractivity contribution in [1.29, 1.82) is 0 Å². The summed E-state index contributed by atoms with van der Waals surface area (Å²) in [6.45, 7) is 1.40. The lowest BCUT2D eigenvalue weighted by atomic mass is 9.89. The predicted octanol–water partition coefficient (Wildman–Crippen LogP) is 3.51. The fourth-order valence-corrected chi connectivity index (χ4v) is 5.68. The van der Waals surface area contributed by atoms with Gasteiger partial charge in [-0.3, -0.25) is 4.79 Å². The summed E-state index contributed by atoms with van der Waals surface area (Å²) >= 11 is 0. The monoisotopic (exact) mass is 450 g/mol. The van der Waals surface area contributed by atoms with Crippen molar-refractivity contribution in [3.63, 3.8) is 0 Å². The van der Waals surface area contributed by atoms with Gasteiger partial charge in [-0.05, 0) is 86.5 Å². The standard InChI is InChI=1S/C23H29F3N4O2/c1-22(30-11-17(23(24,25)26)29-21(30)32)9-8-14-10-15(6-7-16(14)22)28-20(31)19(27)18(12-2-3-12)13-4-5-13/h6-7,10,12-13,17-19H,2-5,8-9,11,27H2,1H3,(H,28,31)(H,29,32)/t17-,19-,22?/m0/s1. The summed E-state index contributed by atoms with van der Waals surface area (Å²) in [7, 11) is 0. The second-order valence-corrected chi connectivity index (χ2v) is 10.1. The second-order valence-electron chi connectivity index (χ2n) is 10.1. The number of nitrogens with zero attached hydrogens (tertiary/aromatic N) is 1. The van der Waals surface area contributed by atoms with E-state index in [1.165, 1.54) is 4.90 Å². The van der Waals surface area contributed by atoms with Crippen molar-refractivity contribution in [2.75, 3.05) is 11.9 Å². The topological polar surface area (TPSA) is 87.5 Å². The highest BCUT2D eigenvalue weighted by Crippen LogP contribution is 2.50. The number of halogens is 3. The van der Waals surface area contributed by atoms with E-state index in [2.05, 4.69) is 10.6 Å². The largest absolute Gasteiger partial charge is 0.410 e. The fourth-order valence-electron chi connectivity index (χ4n) is 5.68. The van der Waals surface area contributed by atoms with E-state index in [1.54, 1.807) is 13.0 Å². The van der Waals surface area contributed by atoms with E-state index in [-0.39, 0.29) is 11.8 Å². The van der Waals surface area contributed by atoms with Crippen molar-refractivity contribution < 1.29 is 22.8 Å². The molecule has 3 atom stereocenters. The van der Waals surface area contributed by atoms with Crippen molar-refractivity contribution in [2.45, 2.75) is 69.2 Å². The molecule has 0 aromatic heterocycles. The van der Waals surface area contributed by atoms with Crippen LogP contribution in [0.4, 0.5) is 23.7 Å². The minimum atomic E-state index is -4.48. The zero-order valence-electron chi connectivity index (χ0n) is 18.0. The highest BCUT2D eigenvalue weighted by atomic mass is 19.4. The number of aryl methyl sites for hydroxylation is 1. The predicted molar refractivity (Wildman–Crippen MR) is 113 cm³/mol. The smallest absolute Gasteiger partial charge is 0.325 e. The molecule has 1 aliphatic heterocycles. The van der Waals surface area contributed by atoms with Crippen molar-refractivity contribution in [3.8, 4) is 0 Å². The van der Waals surface area contributed by atoms with E-state index < -0.39 is 36.4 Å². The van der Waals surface area contributed by atoms with E-state index in [9.17, 15) is 22.8 Å². The molecule has 9 heteroatoms. The zero-order chi connectivity index (χ0) is 22.8. The van der Waals surface area contributed by atoms with E-state index in [0.29, 0.717) is 30.4 Å². The highest BCUT2D eigenvalue weighted by Gasteiger charge is 2.53. The molecule has 4 N–H and O–H groups in total. The minimum absolute atomic E-state index is 0.179. The van der Waals surface area contributed by atoms with Crippen LogP contribution in [-0.4, -0.2) is 41.6 Å². The first-order valence-electron chi connectivity index (χ1n) is 11.4. The van der Waals surface area contributed by atoms with E-state index >= 15 is 0 Å². The maximum atomic E-state index is 13.1. The molecule has 0 spiro atoms. The van der Waals surface area contributed by atoms with Crippen LogP contribution in [0.1, 0.15) is 50.2 Å². The normalized spacial score (nSPS) is 28.6. The Hall–Kier alpha value is -2.29. The number of hydrogen-bond donors (Lipinski definition) is 3. The second kappa shape index (κ2) is 7.37. The number of benzene rings is 1. The number of hydrogen-bond acceptors (Lipinski definition) is 3. The lowest BCUT2D eigenvalue weighted by Gasteiger charge is -2.35. The highest BCUT2D eigenvalue weighted by molar-refractivity contribution is 5.95. The van der Waals surface area contributed by atoms with Crippen LogP contribution in [0.5, 0.6) is 0 Å². The molecule has 1 heterocycles. The maximum Gasteiger partial charge on any atom is 0.410 e. The molecule has 5 rings (SSSR count). The van der Waals surface area contributed by atoms with Crippen LogP contribution in [-0.2, 0) is 16.8 Å². The Morgan fingerprint density at radius 3 is 2.47 bits per heavy atom. The number of urea groups is 1. The molecule has 1 aromatic carbocycles. The number of carbonyl (C=O) groups is 2. The molecule has 174 valence electrons. The van der Waals surface area contributed by atoms with Gasteiger partial charge in [-0.25, -0.2) is 4.79 Å². The number of rotatable bonds is 6. The SMILES string of the molecule is CC1(N2C[C@@H](C(F)(F)F)NC2=O)CCc2cc(NC(=O)[C@@H](N)C(C3CC3)C3CC3)ccc21. The van der Waals surface area contributed by atoms with Crippen molar-refractivity contribution in [1.82, 2.24) is 10.2 Å². The van der Waals surface area contributed by atoms with Crippen LogP contribution in [0.3, 0.4) is 0 Å². The van der Waals surface area contributed by atoms with Crippen molar-refractivity contribution in [3.05, 3.63) is 29.3 Å². The summed E-state index contributed by atoms with van der Waals surface area (Å²) in [5, 5.41) is 5.00. The van der Waals surface area contributed by atoms with Gasteiger partial charge in [-0.1, -0.05) is 6.07 Å². The maximum absolute atomic E-state index is 13.1. The Morgan fingerprint density at radius 1 is 1.25 bits per heavy atom. The van der Waals surface area contributed by atoms with Crippen LogP contribution in [0.15, 0.2) is 18.2 Å². The van der Waals surface area contributed by atoms with Gasteiger partial charge in [-0.15, -0.1) is 0 Å². The molecular formula is C23H29F3N4O2. The van der Waals surface area contributed by atoms with Crippen molar-refractivity contribution >= 4 is 17.6 Å². The molecule has 1 saturated heterocycles. The van der Waals surface area contributed by atoms with Gasteiger partial charge in [0, 0.05) is 5.69 Å². The van der Waals surface area contributed by atoms with E-state index in [0.717, 1.165) is 36.8 Å². The first-order chi connectivity index (χ1) is 15.1. The van der Waals surface area contributed by atoms with Gasteiger partial charge in [0.05, 0.1) is 18.1 Å². The van der Waals surface area contributed by atoms with Gasteiger partial charge in [0.15, 0.2) is 0 Å². The van der Waals surface area contributed by atoms with E-state index in [1.807, 2.05) is 12.1 Å². The Labute approximate surface area is 185 Å². The quantitative estimate of drug-likeness (QED) is 0.620. The Bertz CT molecular complexity index is 932. The summed E-state index contributed by atoms with van der Waals surface area (Å²) in [4.78, 5) is 26.5. The third kappa shape index (κ3) is 3.74. The third-order valence-electron chi connectivity index (χ3n) is 7.78. The number of nitrogens with one attached hydrogen (secondary N) is 2. The molecule has 1 unspecified atom stereocenters. The first kappa shape index (κ1) is 21.6. The Kier molecular flexibility index (Phi) is 4.96. The molecule has 0 bridgehead atoms. The lowest BCUT2D eigenvalue weighted by Crippen LogP contribution is -2.44. The molecule has 2 saturated carbocycles. The lowest BCUT2D eigenvalue weighted by molar-refractivity contribution is -0.150. The summed E-state index contributed by atoms with van der Waals surface area (Å²) in [5.41, 5.74) is 7.92. The molecule has 1 aromatic rings. The molecule has 3 aliphatic carbocycles. The molecule has 3 amide bonds. The summed E-state index contributed by atoms with van der Waals surface area (Å²) < 4.78 is 39.4. The molecular weight excluding hydrogens is 421 g/mol. The average Bonchev–Trinajstić information content (AvgIpc) is 3.65. The molecule has 4 aliphatic rings. The van der Waals surface area contributed by atoms with Gasteiger partial charge in [0.1, 0.15) is 6.04 Å². The van der Waals surface area contributed by atoms with Crippen molar-refractivity contribution in [2.24, 2.45) is 23.5 Å². The molecule has 6 nitrogen and oxygen atoms in total. The molecule has 32 heavy (non-hydrogen) atoms. The van der Waals surface area contributed by atoms with Crippen LogP contribution < -0.4 is 16.4 Å². The van der Waals surface area contributed by atoms with Crippen LogP contribution in [0.2, 0.25) is 0 Å². The number of anilines is 1. The molecule has 0 radical (unpaired) electrons. The number of carbonyl (C=O) groups excluding carboxylic acids is 2. The average molecular weight is 451 g/mol. The van der Waals surface area contributed by atoms with Crippen LogP contribution in [0, 0.1) is 17.8 Å². The summed E-state index contributed by atoms with van der Waals surface area (Å²) in [6, 6.07) is 2.35. The minimum Gasteiger partial charge on any atom is -0.325 e. The van der Waals surface area contributed by atoms with Gasteiger partial charge >= 0.3 is 12.2 Å². The summed E-state index contributed by atoms with van der Waals surface area (Å²) in [5.74, 6) is 1.21. The number of fused-ring (bicyclic) bond motifs is 1. The molecule has 3 fully saturated rings. The zero-order valence-corrected chi connectivity index (χ0v) is 18.0. The van der Waals surface area contributed by atoms with E-state index in [4.69, 9.17) is 5.73 Å². The number of amides is 3. The Balaban J connectivity index is 1.30. The Morgan fingerprint density at radius 2 is 1.91 bits per heavy atom. The number of alkyl halides is 3. The van der Waals surface area contributed by atoms with Crippen LogP contribution >= 0.6 is 0 Å². The first-order valence-corrected chi connectivity index (χ1v) is 11.4. The fraction of sp³-hybridized carbons (Fsp3) is 0.652. The van der Waals surface area contributed by atoms with Gasteiger partial charge < -0.3 is 21.3 Å². The third-order valence-corrected chi connectivity index (χ3v) is 7.78. The van der Waals surface area contributed by atoms with Crippen LogP contribution in [0.25, 0.3) is 0 Å². The van der Waals surface area contributed by atoms with Gasteiger partial charge in [-0.2, -0.15) is 13.2 Å². The number of nitrogens with two attached hydrogens (primary N) is 1. The van der Waals surface area contributed by atoms with Gasteiger partial charge in [0.2, 0.25) is 5.91 Å². The van der Waals surface area contributed by atoms with Gasteiger partial charge in [0.25, 0.3) is 0 Å². The summed E-state index contributed by atoms with van der Waals surface area (Å²) in [6.07, 6.45) is 1.28.